The van der Waals surface area contributed by atoms with E-state index in [-0.39, 0.29) is 15.3 Å². The molecule has 1 aromatic heterocycles. The summed E-state index contributed by atoms with van der Waals surface area (Å²) in [6.07, 6.45) is -3.38. The molecule has 0 fully saturated rings. The first-order valence-corrected chi connectivity index (χ1v) is 12.2. The van der Waals surface area contributed by atoms with Crippen molar-refractivity contribution >= 4 is 39.2 Å². The molecule has 1 unspecified atom stereocenters. The molecule has 1 aliphatic heterocycles. The molecule has 0 spiro atoms. The van der Waals surface area contributed by atoms with Gasteiger partial charge in [-0.25, -0.2) is 27.2 Å². The molecule has 2 heterocycles. The number of urea groups is 1. The normalized spacial score (nSPS) is 18.5. The molecule has 14 heteroatoms. The summed E-state index contributed by atoms with van der Waals surface area (Å²) in [4.78, 5) is 37.9. The van der Waals surface area contributed by atoms with Crippen LogP contribution in [0.4, 0.5) is 22.4 Å². The average Bonchev–Trinajstić information content (AvgIpc) is 3.30. The van der Waals surface area contributed by atoms with Crippen LogP contribution in [0.3, 0.4) is 0 Å². The number of halogens is 4. The fourth-order valence-electron chi connectivity index (χ4n) is 3.57. The van der Waals surface area contributed by atoms with Crippen LogP contribution < -0.4 is 10.0 Å². The summed E-state index contributed by atoms with van der Waals surface area (Å²) in [7, 11) is -4.12. The van der Waals surface area contributed by atoms with Gasteiger partial charge in [0.25, 0.3) is 15.9 Å². The van der Waals surface area contributed by atoms with Crippen molar-refractivity contribution in [3.05, 3.63) is 76.1 Å². The van der Waals surface area contributed by atoms with Crippen LogP contribution in [0.5, 0.6) is 0 Å². The van der Waals surface area contributed by atoms with Crippen molar-refractivity contribution in [2.75, 3.05) is 0 Å². The number of imide groups is 1. The van der Waals surface area contributed by atoms with Gasteiger partial charge in [0.2, 0.25) is 5.91 Å². The molecule has 2 aromatic rings. The number of rotatable bonds is 4. The minimum atomic E-state index is -4.71. The Labute approximate surface area is 200 Å². The first-order valence-electron chi connectivity index (χ1n) is 9.88. The van der Waals surface area contributed by atoms with E-state index in [1.165, 1.54) is 23.6 Å². The predicted molar refractivity (Wildman–Crippen MR) is 115 cm³/mol. The standard InChI is InChI=1S/C21H15F4N3O5S2/c22-15-10-13(26-20(31)27-35(32,33)18-2-1-7-34-18)5-6-16(15)28-17(29)8-11-3-4-12(21(23,24)25)9-14(11)19(28)30/h1-7,9,13H,8,10H2,(H2,26,27,31). The highest BCUT2D eigenvalue weighted by Gasteiger charge is 2.38. The van der Waals surface area contributed by atoms with Crippen molar-refractivity contribution in [1.82, 2.24) is 14.9 Å². The van der Waals surface area contributed by atoms with Crippen molar-refractivity contribution in [2.45, 2.75) is 29.3 Å². The summed E-state index contributed by atoms with van der Waals surface area (Å²) in [6.45, 7) is 0. The average molecular weight is 529 g/mol. The highest BCUT2D eigenvalue weighted by atomic mass is 32.2. The van der Waals surface area contributed by atoms with E-state index in [1.807, 2.05) is 0 Å². The summed E-state index contributed by atoms with van der Waals surface area (Å²) in [5.74, 6) is -2.93. The maximum atomic E-state index is 14.9. The van der Waals surface area contributed by atoms with Crippen LogP contribution in [0.25, 0.3) is 0 Å². The Morgan fingerprint density at radius 3 is 2.54 bits per heavy atom. The largest absolute Gasteiger partial charge is 0.416 e. The van der Waals surface area contributed by atoms with Crippen molar-refractivity contribution in [2.24, 2.45) is 0 Å². The Morgan fingerprint density at radius 2 is 1.91 bits per heavy atom. The van der Waals surface area contributed by atoms with Crippen molar-refractivity contribution in [3.8, 4) is 0 Å². The fourth-order valence-corrected chi connectivity index (χ4v) is 5.48. The quantitative estimate of drug-likeness (QED) is 0.465. The van der Waals surface area contributed by atoms with Crippen LogP contribution in [-0.2, 0) is 27.4 Å². The van der Waals surface area contributed by atoms with Gasteiger partial charge in [-0.05, 0) is 35.2 Å². The van der Waals surface area contributed by atoms with Crippen molar-refractivity contribution in [3.63, 3.8) is 0 Å². The van der Waals surface area contributed by atoms with Crippen LogP contribution in [0, 0.1) is 0 Å². The molecule has 2 aliphatic rings. The summed E-state index contributed by atoms with van der Waals surface area (Å²) in [6, 6.07) is 3.04. The molecule has 0 radical (unpaired) electrons. The van der Waals surface area contributed by atoms with Crippen molar-refractivity contribution in [1.29, 1.82) is 0 Å². The SMILES string of the molecule is O=C(NC1C=CC(N2C(=O)Cc3ccc(C(F)(F)F)cc3C2=O)=C(F)C1)NS(=O)(=O)c1cccs1. The lowest BCUT2D eigenvalue weighted by atomic mass is 9.94. The molecule has 1 aliphatic carbocycles. The minimum Gasteiger partial charge on any atom is -0.331 e. The van der Waals surface area contributed by atoms with Gasteiger partial charge in [-0.2, -0.15) is 13.2 Å². The summed E-state index contributed by atoms with van der Waals surface area (Å²) < 4.78 is 80.0. The van der Waals surface area contributed by atoms with Gasteiger partial charge >= 0.3 is 12.2 Å². The molecule has 184 valence electrons. The number of benzene rings is 1. The van der Waals surface area contributed by atoms with Crippen LogP contribution in [0.2, 0.25) is 0 Å². The topological polar surface area (TPSA) is 113 Å². The van der Waals surface area contributed by atoms with Gasteiger partial charge in [0.05, 0.1) is 23.7 Å². The smallest absolute Gasteiger partial charge is 0.331 e. The number of alkyl halides is 3. The second kappa shape index (κ2) is 8.92. The molecular formula is C21H15F4N3O5S2. The Bertz CT molecular complexity index is 1380. The number of sulfonamides is 1. The van der Waals surface area contributed by atoms with E-state index in [1.54, 1.807) is 4.72 Å². The summed E-state index contributed by atoms with van der Waals surface area (Å²) in [5.41, 5.74) is -1.83. The summed E-state index contributed by atoms with van der Waals surface area (Å²) >= 11 is 0.888. The van der Waals surface area contributed by atoms with E-state index < -0.39 is 70.0 Å². The minimum absolute atomic E-state index is 0.0909. The van der Waals surface area contributed by atoms with Crippen LogP contribution >= 0.6 is 11.3 Å². The number of nitrogens with one attached hydrogen (secondary N) is 2. The molecule has 0 saturated heterocycles. The van der Waals surface area contributed by atoms with Crippen LogP contribution in [0.1, 0.15) is 27.9 Å². The van der Waals surface area contributed by atoms with Gasteiger partial charge in [-0.3, -0.25) is 9.59 Å². The number of hydrogen-bond acceptors (Lipinski definition) is 6. The number of nitrogens with zero attached hydrogens (tertiary/aromatic N) is 1. The Balaban J connectivity index is 1.49. The predicted octanol–water partition coefficient (Wildman–Crippen LogP) is 3.49. The third kappa shape index (κ3) is 4.98. The molecule has 1 aromatic carbocycles. The fraction of sp³-hybridized carbons (Fsp3) is 0.190. The number of carbonyl (C=O) groups excluding carboxylic acids is 3. The third-order valence-electron chi connectivity index (χ3n) is 5.17. The number of thiophene rings is 1. The number of hydrogen-bond donors (Lipinski definition) is 2. The number of carbonyl (C=O) groups is 3. The highest BCUT2D eigenvalue weighted by Crippen LogP contribution is 2.34. The molecular weight excluding hydrogens is 514 g/mol. The molecule has 0 saturated carbocycles. The Morgan fingerprint density at radius 1 is 1.17 bits per heavy atom. The zero-order valence-corrected chi connectivity index (χ0v) is 19.1. The zero-order valence-electron chi connectivity index (χ0n) is 17.4. The Kier molecular flexibility index (Phi) is 6.27. The molecule has 2 N–H and O–H groups in total. The van der Waals surface area contributed by atoms with Gasteiger partial charge in [0, 0.05) is 12.0 Å². The molecule has 4 amide bonds. The van der Waals surface area contributed by atoms with E-state index in [4.69, 9.17) is 0 Å². The van der Waals surface area contributed by atoms with Gasteiger partial charge in [0.1, 0.15) is 10.0 Å². The maximum absolute atomic E-state index is 14.9. The van der Waals surface area contributed by atoms with Gasteiger partial charge in [0.15, 0.2) is 0 Å². The van der Waals surface area contributed by atoms with Gasteiger partial charge < -0.3 is 5.32 Å². The van der Waals surface area contributed by atoms with E-state index in [2.05, 4.69) is 5.32 Å². The van der Waals surface area contributed by atoms with E-state index >= 15 is 0 Å². The zero-order chi connectivity index (χ0) is 25.5. The Hall–Kier alpha value is -3.52. The monoisotopic (exact) mass is 529 g/mol. The summed E-state index contributed by atoms with van der Waals surface area (Å²) in [5, 5.41) is 3.76. The second-order valence-corrected chi connectivity index (χ2v) is 10.4. The van der Waals surface area contributed by atoms with E-state index in [9.17, 15) is 40.4 Å². The molecule has 1 atom stereocenters. The van der Waals surface area contributed by atoms with Gasteiger partial charge in [-0.15, -0.1) is 11.3 Å². The number of fused-ring (bicyclic) bond motifs is 1. The first-order chi connectivity index (χ1) is 16.4. The van der Waals surface area contributed by atoms with E-state index in [0.29, 0.717) is 11.0 Å². The van der Waals surface area contributed by atoms with E-state index in [0.717, 1.165) is 29.5 Å². The second-order valence-electron chi connectivity index (χ2n) is 7.55. The lowest BCUT2D eigenvalue weighted by Gasteiger charge is -2.30. The first kappa shape index (κ1) is 24.6. The molecule has 8 nitrogen and oxygen atoms in total. The molecule has 0 bridgehead atoms. The third-order valence-corrected chi connectivity index (χ3v) is 7.90. The van der Waals surface area contributed by atoms with Crippen LogP contribution in [-0.4, -0.2) is 37.2 Å². The maximum Gasteiger partial charge on any atom is 0.416 e. The number of allylic oxidation sites excluding steroid dienone is 1. The lowest BCUT2D eigenvalue weighted by Crippen LogP contribution is -2.45. The lowest BCUT2D eigenvalue weighted by molar-refractivity contribution is -0.137. The van der Waals surface area contributed by atoms with Crippen LogP contribution in [0.15, 0.2) is 63.6 Å². The molecule has 35 heavy (non-hydrogen) atoms. The van der Waals surface area contributed by atoms with Crippen molar-refractivity contribution < 1.29 is 40.4 Å². The molecule has 4 rings (SSSR count). The van der Waals surface area contributed by atoms with Gasteiger partial charge in [-0.1, -0.05) is 18.2 Å². The highest BCUT2D eigenvalue weighted by molar-refractivity contribution is 7.92. The number of amides is 4.